The molecule has 0 aliphatic heterocycles. The molecule has 1 saturated carbocycles. The van der Waals surface area contributed by atoms with Gasteiger partial charge in [-0.05, 0) is 62.6 Å². The van der Waals surface area contributed by atoms with E-state index < -0.39 is 10.0 Å². The first-order valence-electron chi connectivity index (χ1n) is 5.67. The molecule has 3 nitrogen and oxygen atoms in total. The normalized spacial score (nSPS) is 23.4. The van der Waals surface area contributed by atoms with Crippen molar-refractivity contribution in [1.29, 1.82) is 0 Å². The quantitative estimate of drug-likeness (QED) is 0.804. The van der Waals surface area contributed by atoms with Crippen molar-refractivity contribution in [3.05, 3.63) is 13.6 Å². The number of hydrogen-bond acceptors (Lipinski definition) is 3. The van der Waals surface area contributed by atoms with E-state index in [9.17, 15) is 8.42 Å². The lowest BCUT2D eigenvalue weighted by molar-refractivity contribution is 0.372. The third-order valence-electron chi connectivity index (χ3n) is 3.21. The molecule has 102 valence electrons. The van der Waals surface area contributed by atoms with E-state index in [0.717, 1.165) is 23.0 Å². The molecule has 0 aromatic carbocycles. The maximum atomic E-state index is 12.3. The largest absolute Gasteiger partial charge is 0.242 e. The lowest BCUT2D eigenvalue weighted by atomic mass is 9.92. The van der Waals surface area contributed by atoms with Crippen LogP contribution in [0.15, 0.2) is 18.5 Å². The second kappa shape index (κ2) is 5.16. The molecule has 0 saturated heterocycles. The molecule has 0 spiro atoms. The second-order valence-corrected chi connectivity index (χ2v) is 10.8. The molecule has 1 atom stereocenters. The number of halogens is 2. The third kappa shape index (κ3) is 3.36. The van der Waals surface area contributed by atoms with E-state index in [0.29, 0.717) is 8.68 Å². The summed E-state index contributed by atoms with van der Waals surface area (Å²) in [6, 6.07) is 1.69. The van der Waals surface area contributed by atoms with Crippen molar-refractivity contribution in [2.24, 2.45) is 5.41 Å². The van der Waals surface area contributed by atoms with Crippen molar-refractivity contribution in [3.8, 4) is 0 Å². The van der Waals surface area contributed by atoms with Gasteiger partial charge in [0.2, 0.25) is 10.0 Å². The molecular weight excluding hydrogens is 402 g/mol. The van der Waals surface area contributed by atoms with Gasteiger partial charge in [0.05, 0.1) is 7.57 Å². The molecule has 1 unspecified atom stereocenters. The van der Waals surface area contributed by atoms with Crippen LogP contribution in [0.1, 0.15) is 33.1 Å². The first-order valence-corrected chi connectivity index (χ1v) is 9.55. The first-order chi connectivity index (χ1) is 8.20. The highest BCUT2D eigenvalue weighted by atomic mass is 79.9. The molecule has 1 aromatic heterocycles. The van der Waals surface area contributed by atoms with Gasteiger partial charge in [-0.3, -0.25) is 0 Å². The summed E-state index contributed by atoms with van der Waals surface area (Å²) in [5, 5.41) is 0. The van der Waals surface area contributed by atoms with Crippen LogP contribution >= 0.6 is 43.2 Å². The van der Waals surface area contributed by atoms with Crippen LogP contribution in [0.25, 0.3) is 0 Å². The Kier molecular flexibility index (Phi) is 4.29. The molecule has 1 fully saturated rings. The lowest BCUT2D eigenvalue weighted by Crippen LogP contribution is -2.33. The maximum Gasteiger partial charge on any atom is 0.242 e. The molecule has 1 aromatic rings. The van der Waals surface area contributed by atoms with Crippen LogP contribution in [0.5, 0.6) is 0 Å². The number of rotatable bonds is 3. The van der Waals surface area contributed by atoms with E-state index in [-0.39, 0.29) is 11.5 Å². The zero-order valence-corrected chi connectivity index (χ0v) is 15.0. The Balaban J connectivity index is 2.16. The minimum Gasteiger partial charge on any atom is -0.208 e. The summed E-state index contributed by atoms with van der Waals surface area (Å²) in [4.78, 5) is 0.323. The van der Waals surface area contributed by atoms with E-state index in [1.165, 1.54) is 11.3 Å². The number of nitrogens with one attached hydrogen (secondary N) is 1. The predicted molar refractivity (Wildman–Crippen MR) is 81.5 cm³/mol. The van der Waals surface area contributed by atoms with E-state index in [1.54, 1.807) is 6.07 Å². The molecular formula is C11H15Br2NO2S2. The standard InChI is InChI=1S/C11H15Br2NO2S2/c1-11(2)4-3-7(6-11)14-18(15,16)8-5-9(12)17-10(8)13/h5,7,14H,3-4,6H2,1-2H3. The average Bonchev–Trinajstić information content (AvgIpc) is 2.69. The summed E-state index contributed by atoms with van der Waals surface area (Å²) >= 11 is 7.96. The van der Waals surface area contributed by atoms with Crippen molar-refractivity contribution in [1.82, 2.24) is 4.72 Å². The highest BCUT2D eigenvalue weighted by Crippen LogP contribution is 2.39. The van der Waals surface area contributed by atoms with Crippen molar-refractivity contribution >= 4 is 53.2 Å². The molecule has 7 heteroatoms. The number of hydrogen-bond donors (Lipinski definition) is 1. The molecule has 2 rings (SSSR count). The van der Waals surface area contributed by atoms with E-state index in [4.69, 9.17) is 0 Å². The van der Waals surface area contributed by atoms with Gasteiger partial charge in [-0.25, -0.2) is 13.1 Å². The molecule has 1 aliphatic rings. The summed E-state index contributed by atoms with van der Waals surface area (Å²) in [5.74, 6) is 0. The second-order valence-electron chi connectivity index (χ2n) is 5.41. The minimum absolute atomic E-state index is 0.0515. The van der Waals surface area contributed by atoms with Gasteiger partial charge in [0, 0.05) is 6.04 Å². The Morgan fingerprint density at radius 1 is 1.44 bits per heavy atom. The zero-order chi connectivity index (χ0) is 13.6. The van der Waals surface area contributed by atoms with Crippen LogP contribution < -0.4 is 4.72 Å². The van der Waals surface area contributed by atoms with Gasteiger partial charge in [-0.2, -0.15) is 0 Å². The summed E-state index contributed by atoms with van der Waals surface area (Å²) in [5.41, 5.74) is 0.236. The topological polar surface area (TPSA) is 46.2 Å². The summed E-state index contributed by atoms with van der Waals surface area (Å²) in [6.45, 7) is 4.36. The molecule has 18 heavy (non-hydrogen) atoms. The summed E-state index contributed by atoms with van der Waals surface area (Å²) in [7, 11) is -3.42. The molecule has 0 amide bonds. The van der Waals surface area contributed by atoms with Gasteiger partial charge in [0.15, 0.2) is 0 Å². The molecule has 0 bridgehead atoms. The van der Waals surface area contributed by atoms with Crippen LogP contribution in [0, 0.1) is 5.41 Å². The maximum absolute atomic E-state index is 12.3. The van der Waals surface area contributed by atoms with Crippen molar-refractivity contribution in [2.75, 3.05) is 0 Å². The van der Waals surface area contributed by atoms with Crippen LogP contribution in [-0.4, -0.2) is 14.5 Å². The van der Waals surface area contributed by atoms with Crippen LogP contribution in [0.2, 0.25) is 0 Å². The van der Waals surface area contributed by atoms with Crippen LogP contribution in [0.4, 0.5) is 0 Å². The van der Waals surface area contributed by atoms with Crippen molar-refractivity contribution < 1.29 is 8.42 Å². The Labute approximate surface area is 129 Å². The molecule has 1 aliphatic carbocycles. The Hall–Kier alpha value is 0.570. The number of thiophene rings is 1. The molecule has 0 radical (unpaired) electrons. The van der Waals surface area contributed by atoms with Gasteiger partial charge in [0.1, 0.15) is 4.90 Å². The van der Waals surface area contributed by atoms with E-state index in [2.05, 4.69) is 50.4 Å². The van der Waals surface area contributed by atoms with Crippen LogP contribution in [0.3, 0.4) is 0 Å². The highest BCUT2D eigenvalue weighted by Gasteiger charge is 2.34. The predicted octanol–water partition coefficient (Wildman–Crippen LogP) is 4.13. The fourth-order valence-electron chi connectivity index (χ4n) is 2.33. The molecule has 1 N–H and O–H groups in total. The number of sulfonamides is 1. The van der Waals surface area contributed by atoms with Crippen LogP contribution in [-0.2, 0) is 10.0 Å². The Bertz CT molecular complexity index is 551. The van der Waals surface area contributed by atoms with Gasteiger partial charge >= 0.3 is 0 Å². The fourth-order valence-corrected chi connectivity index (χ4v) is 7.41. The summed E-state index contributed by atoms with van der Waals surface area (Å²) in [6.07, 6.45) is 2.87. The third-order valence-corrected chi connectivity index (χ3v) is 7.48. The summed E-state index contributed by atoms with van der Waals surface area (Å²) < 4.78 is 28.8. The first kappa shape index (κ1) is 15.0. The van der Waals surface area contributed by atoms with E-state index >= 15 is 0 Å². The Morgan fingerprint density at radius 2 is 2.11 bits per heavy atom. The zero-order valence-electron chi connectivity index (χ0n) is 10.2. The van der Waals surface area contributed by atoms with Gasteiger partial charge in [0.25, 0.3) is 0 Å². The minimum atomic E-state index is -3.42. The van der Waals surface area contributed by atoms with Crippen molar-refractivity contribution in [2.45, 2.75) is 44.0 Å². The monoisotopic (exact) mass is 415 g/mol. The lowest BCUT2D eigenvalue weighted by Gasteiger charge is -2.17. The highest BCUT2D eigenvalue weighted by molar-refractivity contribution is 9.12. The smallest absolute Gasteiger partial charge is 0.208 e. The van der Waals surface area contributed by atoms with E-state index in [1.807, 2.05) is 0 Å². The van der Waals surface area contributed by atoms with Gasteiger partial charge in [-0.15, -0.1) is 11.3 Å². The van der Waals surface area contributed by atoms with Crippen molar-refractivity contribution in [3.63, 3.8) is 0 Å². The average molecular weight is 417 g/mol. The van der Waals surface area contributed by atoms with Gasteiger partial charge in [-0.1, -0.05) is 13.8 Å². The fraction of sp³-hybridized carbons (Fsp3) is 0.636. The SMILES string of the molecule is CC1(C)CCC(NS(=O)(=O)c2cc(Br)sc2Br)C1. The van der Waals surface area contributed by atoms with Gasteiger partial charge < -0.3 is 0 Å². The Morgan fingerprint density at radius 3 is 2.56 bits per heavy atom. The molecule has 1 heterocycles.